The van der Waals surface area contributed by atoms with Gasteiger partial charge in [0.1, 0.15) is 12.4 Å². The van der Waals surface area contributed by atoms with Crippen LogP contribution in [0.2, 0.25) is 0 Å². The highest BCUT2D eigenvalue weighted by molar-refractivity contribution is 5.79. The molecule has 0 aliphatic heterocycles. The van der Waals surface area contributed by atoms with E-state index in [1.54, 1.807) is 25.2 Å². The van der Waals surface area contributed by atoms with Gasteiger partial charge in [0, 0.05) is 33.4 Å². The minimum Gasteiger partial charge on any atom is -0.488 e. The molecule has 0 bridgehead atoms. The fourth-order valence-corrected chi connectivity index (χ4v) is 2.23. The molecule has 25 heavy (non-hydrogen) atoms. The van der Waals surface area contributed by atoms with Crippen molar-refractivity contribution in [1.82, 2.24) is 10.6 Å². The summed E-state index contributed by atoms with van der Waals surface area (Å²) < 4.78 is 35.0. The molecule has 2 N–H and O–H groups in total. The van der Waals surface area contributed by atoms with Crippen LogP contribution in [0.15, 0.2) is 29.3 Å². The molecule has 0 aromatic heterocycles. The first-order valence-corrected chi connectivity index (χ1v) is 8.69. The molecule has 1 fully saturated rings. The van der Waals surface area contributed by atoms with E-state index in [0.29, 0.717) is 18.3 Å². The number of hydrogen-bond acceptors (Lipinski definition) is 3. The summed E-state index contributed by atoms with van der Waals surface area (Å²) in [5, 5.41) is 6.42. The summed E-state index contributed by atoms with van der Waals surface area (Å²) in [5.74, 6) is 1.93. The zero-order chi connectivity index (χ0) is 17.9. The number of aliphatic imine (C=N–C) groups is 1. The molecule has 1 aromatic carbocycles. The van der Waals surface area contributed by atoms with Gasteiger partial charge in [-0.3, -0.25) is 4.99 Å². The molecular weight excluding hydrogens is 328 g/mol. The van der Waals surface area contributed by atoms with Crippen LogP contribution in [-0.4, -0.2) is 45.8 Å². The molecule has 5 nitrogen and oxygen atoms in total. The van der Waals surface area contributed by atoms with Crippen LogP contribution in [-0.2, 0) is 11.3 Å². The van der Waals surface area contributed by atoms with Crippen molar-refractivity contribution in [3.05, 3.63) is 29.8 Å². The van der Waals surface area contributed by atoms with Crippen molar-refractivity contribution in [3.8, 4) is 5.75 Å². The maximum absolute atomic E-state index is 12.2. The van der Waals surface area contributed by atoms with Crippen LogP contribution in [0.3, 0.4) is 0 Å². The van der Waals surface area contributed by atoms with Crippen LogP contribution in [0.1, 0.15) is 24.8 Å². The Morgan fingerprint density at radius 2 is 2.16 bits per heavy atom. The third kappa shape index (κ3) is 8.67. The van der Waals surface area contributed by atoms with Crippen LogP contribution in [0, 0.1) is 5.92 Å². The number of nitrogens with zero attached hydrogens (tertiary/aromatic N) is 1. The predicted octanol–water partition coefficient (Wildman–Crippen LogP) is 2.81. The zero-order valence-corrected chi connectivity index (χ0v) is 14.6. The van der Waals surface area contributed by atoms with Crippen LogP contribution in [0.4, 0.5) is 8.78 Å². The van der Waals surface area contributed by atoms with Gasteiger partial charge < -0.3 is 20.1 Å². The highest BCUT2D eigenvalue weighted by Crippen LogP contribution is 2.28. The molecular formula is C18H27F2N3O2. The lowest BCUT2D eigenvalue weighted by molar-refractivity contribution is 0.0818. The molecule has 0 saturated heterocycles. The van der Waals surface area contributed by atoms with E-state index in [1.165, 1.54) is 12.8 Å². The van der Waals surface area contributed by atoms with E-state index >= 15 is 0 Å². The number of hydrogen-bond donors (Lipinski definition) is 2. The Balaban J connectivity index is 1.62. The van der Waals surface area contributed by atoms with E-state index < -0.39 is 13.0 Å². The summed E-state index contributed by atoms with van der Waals surface area (Å²) in [5.41, 5.74) is 0.933. The summed E-state index contributed by atoms with van der Waals surface area (Å²) >= 11 is 0. The van der Waals surface area contributed by atoms with E-state index in [1.807, 2.05) is 6.07 Å². The Morgan fingerprint density at radius 3 is 2.88 bits per heavy atom. The number of ether oxygens (including phenoxy) is 2. The third-order valence-corrected chi connectivity index (χ3v) is 3.77. The standard InChI is InChI=1S/C18H27F2N3O2/c1-21-18(22-8-3-9-24-12-14-6-7-14)23-11-15-4-2-5-16(10-15)25-13-17(19)20/h2,4-5,10,14,17H,3,6-9,11-13H2,1H3,(H2,21,22,23). The lowest BCUT2D eigenvalue weighted by atomic mass is 10.2. The van der Waals surface area contributed by atoms with Gasteiger partial charge in [-0.2, -0.15) is 0 Å². The van der Waals surface area contributed by atoms with Gasteiger partial charge >= 0.3 is 0 Å². The van der Waals surface area contributed by atoms with Gasteiger partial charge in [-0.05, 0) is 42.9 Å². The molecule has 0 radical (unpaired) electrons. The topological polar surface area (TPSA) is 54.9 Å². The third-order valence-electron chi connectivity index (χ3n) is 3.77. The Hall–Kier alpha value is -1.89. The largest absolute Gasteiger partial charge is 0.488 e. The molecule has 0 spiro atoms. The number of guanidine groups is 1. The molecule has 0 heterocycles. The van der Waals surface area contributed by atoms with Gasteiger partial charge in [0.25, 0.3) is 6.43 Å². The van der Waals surface area contributed by atoms with Crippen LogP contribution in [0.5, 0.6) is 5.75 Å². The first-order chi connectivity index (χ1) is 12.2. The van der Waals surface area contributed by atoms with Crippen molar-refractivity contribution in [3.63, 3.8) is 0 Å². The summed E-state index contributed by atoms with van der Waals surface area (Å²) in [4.78, 5) is 4.16. The van der Waals surface area contributed by atoms with Gasteiger partial charge in [-0.25, -0.2) is 8.78 Å². The maximum Gasteiger partial charge on any atom is 0.272 e. The minimum absolute atomic E-state index is 0.440. The average Bonchev–Trinajstić information content (AvgIpc) is 3.43. The van der Waals surface area contributed by atoms with Gasteiger partial charge in [0.05, 0.1) is 0 Å². The number of rotatable bonds is 11. The predicted molar refractivity (Wildman–Crippen MR) is 94.3 cm³/mol. The quantitative estimate of drug-likeness (QED) is 0.364. The monoisotopic (exact) mass is 355 g/mol. The number of nitrogens with one attached hydrogen (secondary N) is 2. The molecule has 140 valence electrons. The van der Waals surface area contributed by atoms with Crippen LogP contribution >= 0.6 is 0 Å². The van der Waals surface area contributed by atoms with Gasteiger partial charge in [0.15, 0.2) is 5.96 Å². The number of halogens is 2. The fraction of sp³-hybridized carbons (Fsp3) is 0.611. The second kappa shape index (κ2) is 10.9. The van der Waals surface area contributed by atoms with Crippen molar-refractivity contribution in [1.29, 1.82) is 0 Å². The molecule has 2 rings (SSSR count). The molecule has 1 aliphatic rings. The van der Waals surface area contributed by atoms with Gasteiger partial charge in [0.2, 0.25) is 0 Å². The van der Waals surface area contributed by atoms with Gasteiger partial charge in [-0.15, -0.1) is 0 Å². The number of alkyl halides is 2. The Labute approximate surface area is 147 Å². The number of benzene rings is 1. The summed E-state index contributed by atoms with van der Waals surface area (Å²) in [7, 11) is 1.71. The molecule has 0 unspecified atom stereocenters. The van der Waals surface area contributed by atoms with E-state index in [-0.39, 0.29) is 0 Å². The summed E-state index contributed by atoms with van der Waals surface area (Å²) in [6.45, 7) is 2.36. The molecule has 0 atom stereocenters. The van der Waals surface area contributed by atoms with Crippen LogP contribution in [0.25, 0.3) is 0 Å². The van der Waals surface area contributed by atoms with Crippen molar-refractivity contribution in [2.45, 2.75) is 32.2 Å². The first kappa shape index (κ1) is 19.4. The van der Waals surface area contributed by atoms with E-state index in [0.717, 1.165) is 37.7 Å². The average molecular weight is 355 g/mol. The van der Waals surface area contributed by atoms with Crippen LogP contribution < -0.4 is 15.4 Å². The normalized spacial score (nSPS) is 14.6. The van der Waals surface area contributed by atoms with Crippen molar-refractivity contribution < 1.29 is 18.3 Å². The van der Waals surface area contributed by atoms with Crippen molar-refractivity contribution in [2.24, 2.45) is 10.9 Å². The summed E-state index contributed by atoms with van der Waals surface area (Å²) in [6, 6.07) is 7.10. The van der Waals surface area contributed by atoms with E-state index in [2.05, 4.69) is 15.6 Å². The fourth-order valence-electron chi connectivity index (χ4n) is 2.23. The zero-order valence-electron chi connectivity index (χ0n) is 14.6. The molecule has 0 amide bonds. The lowest BCUT2D eigenvalue weighted by Crippen LogP contribution is -2.37. The van der Waals surface area contributed by atoms with E-state index in [4.69, 9.17) is 9.47 Å². The van der Waals surface area contributed by atoms with Gasteiger partial charge in [-0.1, -0.05) is 12.1 Å². The molecule has 7 heteroatoms. The highest BCUT2D eigenvalue weighted by atomic mass is 19.3. The SMILES string of the molecule is CN=C(NCCCOCC1CC1)NCc1cccc(OCC(F)F)c1. The van der Waals surface area contributed by atoms with Crippen molar-refractivity contribution in [2.75, 3.05) is 33.4 Å². The first-order valence-electron chi connectivity index (χ1n) is 8.69. The second-order valence-corrected chi connectivity index (χ2v) is 6.07. The Bertz CT molecular complexity index is 537. The van der Waals surface area contributed by atoms with E-state index in [9.17, 15) is 8.78 Å². The van der Waals surface area contributed by atoms with Crippen molar-refractivity contribution >= 4 is 5.96 Å². The second-order valence-electron chi connectivity index (χ2n) is 6.07. The molecule has 1 aromatic rings. The lowest BCUT2D eigenvalue weighted by Gasteiger charge is -2.13. The minimum atomic E-state index is -2.47. The maximum atomic E-state index is 12.2. The molecule has 1 saturated carbocycles. The molecule has 1 aliphatic carbocycles. The highest BCUT2D eigenvalue weighted by Gasteiger charge is 2.20. The summed E-state index contributed by atoms with van der Waals surface area (Å²) in [6.07, 6.45) is 1.06. The Kier molecular flexibility index (Phi) is 8.45. The smallest absolute Gasteiger partial charge is 0.272 e. The Morgan fingerprint density at radius 1 is 1.32 bits per heavy atom.